The Bertz CT molecular complexity index is 224. The van der Waals surface area contributed by atoms with E-state index < -0.39 is 18.4 Å². The maximum atomic E-state index is 11.4. The molecule has 0 amide bonds. The fraction of sp³-hybridized carbons (Fsp3) is 0.700. The maximum absolute atomic E-state index is 11.4. The molecule has 0 aromatic rings. The Morgan fingerprint density at radius 3 is 2.00 bits per heavy atom. The molecule has 0 saturated heterocycles. The van der Waals surface area contributed by atoms with Crippen LogP contribution in [0.5, 0.6) is 0 Å². The van der Waals surface area contributed by atoms with Crippen molar-refractivity contribution in [3.05, 3.63) is 9.16 Å². The normalized spacial score (nSPS) is 14.0. The van der Waals surface area contributed by atoms with Crippen LogP contribution in [0.3, 0.4) is 0 Å². The molecule has 0 aromatic carbocycles. The van der Waals surface area contributed by atoms with Gasteiger partial charge in [-0.25, -0.2) is 0 Å². The quantitative estimate of drug-likeness (QED) is 0.636. The van der Waals surface area contributed by atoms with E-state index in [4.69, 9.17) is 5.11 Å². The summed E-state index contributed by atoms with van der Waals surface area (Å²) in [5.41, 5.74) is 0.672. The van der Waals surface area contributed by atoms with E-state index in [0.29, 0.717) is 12.0 Å². The predicted octanol–water partition coefficient (Wildman–Crippen LogP) is 2.15. The Morgan fingerprint density at radius 1 is 1.31 bits per heavy atom. The van der Waals surface area contributed by atoms with E-state index in [1.165, 1.54) is 3.59 Å². The third kappa shape index (κ3) is 3.81. The van der Waals surface area contributed by atoms with Gasteiger partial charge in [0.15, 0.2) is 0 Å². The second kappa shape index (κ2) is 5.15. The molecule has 1 N–H and O–H groups in total. The molecule has 0 bridgehead atoms. The Balaban J connectivity index is 5.02. The van der Waals surface area contributed by atoms with Crippen molar-refractivity contribution in [3.8, 4) is 0 Å². The van der Waals surface area contributed by atoms with Crippen LogP contribution in [0.2, 0.25) is 14.8 Å². The van der Waals surface area contributed by atoms with Gasteiger partial charge in [0, 0.05) is 0 Å². The second-order valence-electron chi connectivity index (χ2n) is 4.29. The standard InChI is InChI=1S/C7H11O2.3CH3.Sn/c1-3-6(5-8)7(9)4-2;;;;/h8H,4-5H2,1-2H3;3*1H3;. The summed E-state index contributed by atoms with van der Waals surface area (Å²) in [6.07, 6.45) is 0.495. The molecule has 0 fully saturated rings. The van der Waals surface area contributed by atoms with Gasteiger partial charge in [-0.1, -0.05) is 0 Å². The monoisotopic (exact) mass is 292 g/mol. The zero-order valence-corrected chi connectivity index (χ0v) is 12.1. The molecular formula is C10H20O2Sn. The Kier molecular flexibility index (Phi) is 5.22. The Morgan fingerprint density at radius 2 is 1.77 bits per heavy atom. The van der Waals surface area contributed by atoms with Crippen molar-refractivity contribution in [1.82, 2.24) is 0 Å². The Hall–Kier alpha value is 0.169. The SMILES string of the molecule is CCC(=O)/C(CO)=[C](\C)[Sn]([CH3])([CH3])[CH3]. The summed E-state index contributed by atoms with van der Waals surface area (Å²) >= 11 is -2.13. The molecular weight excluding hydrogens is 271 g/mol. The van der Waals surface area contributed by atoms with Crippen LogP contribution in [0.25, 0.3) is 0 Å². The molecule has 0 atom stereocenters. The Labute approximate surface area is 84.9 Å². The van der Waals surface area contributed by atoms with E-state index in [1.807, 2.05) is 13.8 Å². The third-order valence-electron chi connectivity index (χ3n) is 2.39. The van der Waals surface area contributed by atoms with Crippen LogP contribution in [0.15, 0.2) is 9.16 Å². The minimum atomic E-state index is -2.13. The summed E-state index contributed by atoms with van der Waals surface area (Å²) in [5.74, 6) is 0.103. The fourth-order valence-corrected chi connectivity index (χ4v) is 4.29. The zero-order valence-electron chi connectivity index (χ0n) is 9.27. The van der Waals surface area contributed by atoms with Crippen molar-refractivity contribution in [3.63, 3.8) is 0 Å². The van der Waals surface area contributed by atoms with Crippen LogP contribution in [-0.2, 0) is 4.79 Å². The fourth-order valence-electron chi connectivity index (χ4n) is 1.08. The van der Waals surface area contributed by atoms with Gasteiger partial charge in [0.25, 0.3) is 0 Å². The van der Waals surface area contributed by atoms with E-state index in [-0.39, 0.29) is 12.4 Å². The number of aliphatic hydroxyl groups excluding tert-OH is 1. The molecule has 3 heteroatoms. The summed E-state index contributed by atoms with van der Waals surface area (Å²) in [4.78, 5) is 18.2. The molecule has 0 saturated carbocycles. The van der Waals surface area contributed by atoms with Crippen LogP contribution < -0.4 is 0 Å². The van der Waals surface area contributed by atoms with E-state index in [0.717, 1.165) is 0 Å². The first-order valence-corrected chi connectivity index (χ1v) is 14.7. The van der Waals surface area contributed by atoms with Gasteiger partial charge in [0.05, 0.1) is 0 Å². The first-order valence-electron chi connectivity index (χ1n) is 4.68. The van der Waals surface area contributed by atoms with E-state index in [1.54, 1.807) is 0 Å². The average molecular weight is 291 g/mol. The summed E-state index contributed by atoms with van der Waals surface area (Å²) in [6, 6.07) is 0. The molecule has 0 aliphatic carbocycles. The molecule has 0 unspecified atom stereocenters. The molecule has 0 rings (SSSR count). The molecule has 0 aromatic heterocycles. The molecule has 0 radical (unpaired) electrons. The van der Waals surface area contributed by atoms with Gasteiger partial charge in [0.2, 0.25) is 0 Å². The molecule has 0 aliphatic heterocycles. The number of rotatable bonds is 4. The van der Waals surface area contributed by atoms with Crippen molar-refractivity contribution in [2.24, 2.45) is 0 Å². The van der Waals surface area contributed by atoms with Crippen LogP contribution in [0, 0.1) is 0 Å². The van der Waals surface area contributed by atoms with Crippen LogP contribution in [0.1, 0.15) is 20.3 Å². The van der Waals surface area contributed by atoms with Crippen LogP contribution in [-0.4, -0.2) is 35.9 Å². The molecule has 0 heterocycles. The van der Waals surface area contributed by atoms with Crippen molar-refractivity contribution in [1.29, 1.82) is 0 Å². The van der Waals surface area contributed by atoms with Crippen molar-refractivity contribution < 1.29 is 9.90 Å². The molecule has 13 heavy (non-hydrogen) atoms. The summed E-state index contributed by atoms with van der Waals surface area (Å²) in [7, 11) is 0. The van der Waals surface area contributed by atoms with Gasteiger partial charge in [0.1, 0.15) is 0 Å². The predicted molar refractivity (Wildman–Crippen MR) is 58.4 cm³/mol. The number of aliphatic hydroxyl groups is 1. The number of carbonyl (C=O) groups is 1. The minimum absolute atomic E-state index is 0.0906. The third-order valence-corrected chi connectivity index (χ3v) is 9.68. The van der Waals surface area contributed by atoms with Crippen molar-refractivity contribution >= 4 is 24.2 Å². The number of carbonyl (C=O) groups excluding carboxylic acids is 1. The summed E-state index contributed by atoms with van der Waals surface area (Å²) in [5, 5.41) is 9.12. The van der Waals surface area contributed by atoms with Crippen LogP contribution >= 0.6 is 0 Å². The van der Waals surface area contributed by atoms with E-state index >= 15 is 0 Å². The zero-order chi connectivity index (χ0) is 10.6. The number of ketones is 1. The topological polar surface area (TPSA) is 37.3 Å². The first-order chi connectivity index (χ1) is 5.84. The number of hydrogen-bond donors (Lipinski definition) is 1. The van der Waals surface area contributed by atoms with Gasteiger partial charge in [-0.05, 0) is 0 Å². The average Bonchev–Trinajstić information content (AvgIpc) is 2.03. The van der Waals surface area contributed by atoms with Gasteiger partial charge in [-0.3, -0.25) is 0 Å². The van der Waals surface area contributed by atoms with E-state index in [2.05, 4.69) is 14.8 Å². The van der Waals surface area contributed by atoms with Crippen LogP contribution in [0.4, 0.5) is 0 Å². The summed E-state index contributed by atoms with van der Waals surface area (Å²) < 4.78 is 1.20. The molecule has 2 nitrogen and oxygen atoms in total. The van der Waals surface area contributed by atoms with Gasteiger partial charge < -0.3 is 0 Å². The molecule has 0 aliphatic rings. The van der Waals surface area contributed by atoms with Gasteiger partial charge in [-0.15, -0.1) is 0 Å². The second-order valence-corrected chi connectivity index (χ2v) is 19.3. The first kappa shape index (κ1) is 13.2. The number of Topliss-reactive ketones (excluding diaryl/α,β-unsaturated/α-hetero) is 1. The molecule has 0 spiro atoms. The number of hydrogen-bond acceptors (Lipinski definition) is 2. The summed E-state index contributed by atoms with van der Waals surface area (Å²) in [6.45, 7) is 3.76. The van der Waals surface area contributed by atoms with Crippen molar-refractivity contribution in [2.75, 3.05) is 6.61 Å². The number of allylic oxidation sites excluding steroid dienone is 1. The van der Waals surface area contributed by atoms with E-state index in [9.17, 15) is 4.79 Å². The molecule has 76 valence electrons. The van der Waals surface area contributed by atoms with Crippen molar-refractivity contribution in [2.45, 2.75) is 35.1 Å². The van der Waals surface area contributed by atoms with Gasteiger partial charge >= 0.3 is 84.9 Å². The van der Waals surface area contributed by atoms with Gasteiger partial charge in [-0.2, -0.15) is 0 Å².